The summed E-state index contributed by atoms with van der Waals surface area (Å²) in [6.07, 6.45) is 4.68. The van der Waals surface area contributed by atoms with Gasteiger partial charge in [0.25, 0.3) is 5.56 Å². The molecule has 3 aromatic heterocycles. The molecule has 7 heteroatoms. The minimum atomic E-state index is -0.350. The van der Waals surface area contributed by atoms with Crippen LogP contribution in [-0.4, -0.2) is 23.1 Å². The van der Waals surface area contributed by atoms with Crippen LogP contribution >= 0.6 is 0 Å². The third-order valence-electron chi connectivity index (χ3n) is 4.98. The van der Waals surface area contributed by atoms with Crippen LogP contribution < -0.4 is 11.2 Å². The van der Waals surface area contributed by atoms with Gasteiger partial charge in [-0.1, -0.05) is 26.2 Å². The van der Waals surface area contributed by atoms with Crippen molar-refractivity contribution in [1.82, 2.24) is 23.1 Å². The van der Waals surface area contributed by atoms with Gasteiger partial charge in [-0.3, -0.25) is 18.3 Å². The molecule has 7 nitrogen and oxygen atoms in total. The molecule has 0 unspecified atom stereocenters. The average Bonchev–Trinajstić information content (AvgIpc) is 3.06. The normalized spacial score (nSPS) is 11.9. The minimum Gasteiger partial charge on any atom is -0.314 e. The van der Waals surface area contributed by atoms with Crippen molar-refractivity contribution >= 4 is 16.9 Å². The molecule has 0 aliphatic carbocycles. The lowest BCUT2D eigenvalue weighted by atomic mass is 10.2. The summed E-state index contributed by atoms with van der Waals surface area (Å²) in [6, 6.07) is 0. The number of rotatable bonds is 5. The van der Waals surface area contributed by atoms with E-state index in [-0.39, 0.29) is 11.2 Å². The maximum Gasteiger partial charge on any atom is 0.332 e. The Bertz CT molecular complexity index is 1030. The quantitative estimate of drug-likeness (QED) is 0.671. The third-order valence-corrected chi connectivity index (χ3v) is 4.98. The first-order valence-corrected chi connectivity index (χ1v) is 8.54. The average molecular weight is 331 g/mol. The van der Waals surface area contributed by atoms with Crippen LogP contribution in [-0.2, 0) is 20.6 Å². The van der Waals surface area contributed by atoms with Crippen molar-refractivity contribution in [2.24, 2.45) is 14.1 Å². The predicted octanol–water partition coefficient (Wildman–Crippen LogP) is 1.88. The van der Waals surface area contributed by atoms with E-state index in [1.807, 2.05) is 11.3 Å². The molecular formula is C17H25N5O2. The fraction of sp³-hybridized carbons (Fsp3) is 0.588. The van der Waals surface area contributed by atoms with E-state index in [2.05, 4.69) is 23.4 Å². The zero-order valence-electron chi connectivity index (χ0n) is 15.1. The molecule has 3 rings (SSSR count). The molecule has 0 aliphatic rings. The van der Waals surface area contributed by atoms with E-state index < -0.39 is 0 Å². The molecule has 0 aliphatic heterocycles. The smallest absolute Gasteiger partial charge is 0.314 e. The summed E-state index contributed by atoms with van der Waals surface area (Å²) >= 11 is 0. The van der Waals surface area contributed by atoms with Gasteiger partial charge in [0.1, 0.15) is 0 Å². The standard InChI is InChI=1S/C17H25N5O2/c1-6-7-8-9-10-21-11(2)12(3)22-13-14(18-16(21)22)19(4)17(24)20(5)15(13)23/h6-10H2,1-5H3. The van der Waals surface area contributed by atoms with Gasteiger partial charge in [0.2, 0.25) is 5.78 Å². The van der Waals surface area contributed by atoms with Gasteiger partial charge >= 0.3 is 5.69 Å². The van der Waals surface area contributed by atoms with Crippen LogP contribution in [0.2, 0.25) is 0 Å². The van der Waals surface area contributed by atoms with E-state index in [4.69, 9.17) is 0 Å². The molecule has 0 aromatic carbocycles. The third kappa shape index (κ3) is 2.22. The minimum absolute atomic E-state index is 0.299. The van der Waals surface area contributed by atoms with Crippen molar-refractivity contribution in [3.63, 3.8) is 0 Å². The molecule has 0 N–H and O–H groups in total. The van der Waals surface area contributed by atoms with Crippen LogP contribution in [0.3, 0.4) is 0 Å². The number of unbranched alkanes of at least 4 members (excludes halogenated alkanes) is 3. The van der Waals surface area contributed by atoms with Gasteiger partial charge in [-0.25, -0.2) is 4.79 Å². The number of aromatic nitrogens is 5. The predicted molar refractivity (Wildman–Crippen MR) is 94.8 cm³/mol. The van der Waals surface area contributed by atoms with Gasteiger partial charge in [0, 0.05) is 32.0 Å². The molecule has 130 valence electrons. The largest absolute Gasteiger partial charge is 0.332 e. The number of nitrogens with zero attached hydrogens (tertiary/aromatic N) is 5. The lowest BCUT2D eigenvalue weighted by Crippen LogP contribution is -2.37. The summed E-state index contributed by atoms with van der Waals surface area (Å²) in [5.74, 6) is 0.745. The maximum absolute atomic E-state index is 12.6. The maximum atomic E-state index is 12.6. The van der Waals surface area contributed by atoms with Crippen LogP contribution in [0, 0.1) is 13.8 Å². The second-order valence-electron chi connectivity index (χ2n) is 6.51. The summed E-state index contributed by atoms with van der Waals surface area (Å²) in [5.41, 5.74) is 2.39. The zero-order valence-corrected chi connectivity index (χ0v) is 15.1. The Morgan fingerprint density at radius 2 is 1.67 bits per heavy atom. The second kappa shape index (κ2) is 5.96. The lowest BCUT2D eigenvalue weighted by molar-refractivity contribution is 0.582. The highest BCUT2D eigenvalue weighted by molar-refractivity contribution is 5.76. The summed E-state index contributed by atoms with van der Waals surface area (Å²) in [6.45, 7) is 7.13. The van der Waals surface area contributed by atoms with Crippen LogP contribution in [0.25, 0.3) is 16.9 Å². The van der Waals surface area contributed by atoms with Crippen LogP contribution in [0.15, 0.2) is 9.59 Å². The molecule has 0 fully saturated rings. The molecule has 24 heavy (non-hydrogen) atoms. The Kier molecular flexibility index (Phi) is 4.11. The first-order valence-electron chi connectivity index (χ1n) is 8.54. The van der Waals surface area contributed by atoms with E-state index in [9.17, 15) is 9.59 Å². The highest BCUT2D eigenvalue weighted by atomic mass is 16.2. The van der Waals surface area contributed by atoms with E-state index in [1.165, 1.54) is 30.9 Å². The number of aryl methyl sites for hydroxylation is 3. The highest BCUT2D eigenvalue weighted by Gasteiger charge is 2.21. The van der Waals surface area contributed by atoms with Crippen molar-refractivity contribution in [2.75, 3.05) is 0 Å². The SMILES string of the molecule is CCCCCCn1c(C)c(C)n2c3c(=O)n(C)c(=O)n(C)c3nc12. The Morgan fingerprint density at radius 3 is 2.33 bits per heavy atom. The fourth-order valence-corrected chi connectivity index (χ4v) is 3.35. The fourth-order valence-electron chi connectivity index (χ4n) is 3.35. The molecular weight excluding hydrogens is 306 g/mol. The van der Waals surface area contributed by atoms with E-state index in [0.29, 0.717) is 11.2 Å². The molecule has 3 aromatic rings. The van der Waals surface area contributed by atoms with Gasteiger partial charge in [-0.05, 0) is 20.3 Å². The Labute approximate surface area is 140 Å². The summed E-state index contributed by atoms with van der Waals surface area (Å²) < 4.78 is 6.64. The van der Waals surface area contributed by atoms with E-state index >= 15 is 0 Å². The summed E-state index contributed by atoms with van der Waals surface area (Å²) in [5, 5.41) is 0. The molecule has 0 radical (unpaired) electrons. The van der Waals surface area contributed by atoms with Gasteiger partial charge in [0.05, 0.1) is 0 Å². The Hall–Kier alpha value is -2.31. The zero-order chi connectivity index (χ0) is 17.6. The monoisotopic (exact) mass is 331 g/mol. The van der Waals surface area contributed by atoms with Gasteiger partial charge in [-0.2, -0.15) is 4.98 Å². The number of imidazole rings is 2. The summed E-state index contributed by atoms with van der Waals surface area (Å²) in [7, 11) is 3.16. The van der Waals surface area contributed by atoms with Crippen LogP contribution in [0.5, 0.6) is 0 Å². The van der Waals surface area contributed by atoms with Crippen LogP contribution in [0.1, 0.15) is 44.0 Å². The number of fused-ring (bicyclic) bond motifs is 3. The van der Waals surface area contributed by atoms with E-state index in [0.717, 1.165) is 34.7 Å². The van der Waals surface area contributed by atoms with Crippen LogP contribution in [0.4, 0.5) is 0 Å². The first kappa shape index (κ1) is 16.5. The number of hydrogen-bond acceptors (Lipinski definition) is 3. The lowest BCUT2D eigenvalue weighted by Gasteiger charge is -2.06. The van der Waals surface area contributed by atoms with Gasteiger partial charge in [0.15, 0.2) is 11.2 Å². The number of hydrogen-bond donors (Lipinski definition) is 0. The molecule has 0 saturated heterocycles. The molecule has 0 saturated carbocycles. The van der Waals surface area contributed by atoms with Crippen molar-refractivity contribution in [2.45, 2.75) is 53.0 Å². The summed E-state index contributed by atoms with van der Waals surface area (Å²) in [4.78, 5) is 29.4. The molecule has 3 heterocycles. The van der Waals surface area contributed by atoms with E-state index in [1.54, 1.807) is 7.05 Å². The highest BCUT2D eigenvalue weighted by Crippen LogP contribution is 2.21. The molecule has 0 spiro atoms. The van der Waals surface area contributed by atoms with Crippen molar-refractivity contribution in [1.29, 1.82) is 0 Å². The van der Waals surface area contributed by atoms with Gasteiger partial charge in [-0.15, -0.1) is 0 Å². The Morgan fingerprint density at radius 1 is 0.958 bits per heavy atom. The first-order chi connectivity index (χ1) is 11.4. The van der Waals surface area contributed by atoms with Crippen molar-refractivity contribution in [3.8, 4) is 0 Å². The Balaban J connectivity index is 2.28. The van der Waals surface area contributed by atoms with Crippen molar-refractivity contribution < 1.29 is 0 Å². The second-order valence-corrected chi connectivity index (χ2v) is 6.51. The van der Waals surface area contributed by atoms with Crippen molar-refractivity contribution in [3.05, 3.63) is 32.2 Å². The molecule has 0 atom stereocenters. The molecule has 0 amide bonds. The van der Waals surface area contributed by atoms with Gasteiger partial charge < -0.3 is 4.57 Å². The topological polar surface area (TPSA) is 66.2 Å². The molecule has 0 bridgehead atoms.